The van der Waals surface area contributed by atoms with Gasteiger partial charge in [-0.05, 0) is 28.8 Å². The third kappa shape index (κ3) is 8.59. The highest BCUT2D eigenvalue weighted by Crippen LogP contribution is 2.37. The van der Waals surface area contributed by atoms with E-state index >= 15 is 0 Å². The predicted octanol–water partition coefficient (Wildman–Crippen LogP) is 7.31. The smallest absolute Gasteiger partial charge is 0.417 e. The molecule has 0 aliphatic carbocycles. The maximum atomic E-state index is 14.5. The van der Waals surface area contributed by atoms with Crippen molar-refractivity contribution in [2.75, 3.05) is 19.7 Å². The minimum Gasteiger partial charge on any atom is -0.493 e. The second-order valence-corrected chi connectivity index (χ2v) is 12.0. The number of hydrogen-bond acceptors (Lipinski definition) is 5. The first-order valence-electron chi connectivity index (χ1n) is 13.8. The number of aliphatic hydroxyl groups excluding tert-OH is 1. The van der Waals surface area contributed by atoms with Gasteiger partial charge in [0.05, 0.1) is 28.7 Å². The second kappa shape index (κ2) is 15.0. The molecule has 1 N–H and O–H groups in total. The fourth-order valence-corrected chi connectivity index (χ4v) is 6.05. The van der Waals surface area contributed by atoms with Crippen LogP contribution in [-0.2, 0) is 30.0 Å². The topological polar surface area (TPSA) is 66.8 Å². The molecule has 0 bridgehead atoms. The third-order valence-electron chi connectivity index (χ3n) is 7.23. The molecule has 0 saturated heterocycles. The number of halogens is 5. The quantitative estimate of drug-likeness (QED) is 0.117. The van der Waals surface area contributed by atoms with Crippen molar-refractivity contribution in [2.45, 2.75) is 37.1 Å². The Morgan fingerprint density at radius 3 is 2.07 bits per heavy atom. The molecule has 0 heterocycles. The maximum absolute atomic E-state index is 14.5. The molecule has 0 spiro atoms. The molecular formula is C33H32ClF4NO4S. The highest BCUT2D eigenvalue weighted by molar-refractivity contribution is 7.72. The molecule has 0 aliphatic heterocycles. The molecule has 5 nitrogen and oxygen atoms in total. The van der Waals surface area contributed by atoms with E-state index in [9.17, 15) is 31.1 Å². The van der Waals surface area contributed by atoms with Crippen molar-refractivity contribution in [3.05, 3.63) is 130 Å². The average molecular weight is 650 g/mol. The summed E-state index contributed by atoms with van der Waals surface area (Å²) in [7, 11) is -3.17. The van der Waals surface area contributed by atoms with Gasteiger partial charge < -0.3 is 9.84 Å². The minimum atomic E-state index is -4.61. The number of aliphatic hydroxyl groups is 1. The van der Waals surface area contributed by atoms with Crippen LogP contribution in [0, 0.1) is 11.7 Å². The normalized spacial score (nSPS) is 12.7. The lowest BCUT2D eigenvalue weighted by atomic mass is 9.90. The van der Waals surface area contributed by atoms with Gasteiger partial charge in [0.2, 0.25) is 0 Å². The highest BCUT2D eigenvalue weighted by atomic mass is 35.5. The van der Waals surface area contributed by atoms with Gasteiger partial charge in [0.15, 0.2) is 10.7 Å². The lowest BCUT2D eigenvalue weighted by Crippen LogP contribution is -2.34. The van der Waals surface area contributed by atoms with E-state index in [1.807, 2.05) is 72.5 Å². The number of benzene rings is 4. The van der Waals surface area contributed by atoms with Crippen LogP contribution in [0.5, 0.6) is 5.75 Å². The standard InChI is InChI=1S/C33H32ClF4NO4S/c1-22(21-43-26-15-30(35)28(20-40)31(16-26)44(41)42)17-39(18-25-13-8-14-29(32(25)34)33(36,37)38)19-27(23-9-4-2-5-10-23)24-11-6-3-7-12-24/h2-16,22,27,40,44H,17-21H2,1H3/t22-/m1/s1. The first kappa shape index (κ1) is 33.5. The zero-order chi connectivity index (χ0) is 31.9. The Kier molecular flexibility index (Phi) is 11.4. The first-order chi connectivity index (χ1) is 21.0. The Labute approximate surface area is 260 Å². The molecule has 234 valence electrons. The summed E-state index contributed by atoms with van der Waals surface area (Å²) < 4.78 is 84.4. The predicted molar refractivity (Wildman–Crippen MR) is 162 cm³/mol. The fraction of sp³-hybridized carbons (Fsp3) is 0.273. The summed E-state index contributed by atoms with van der Waals surface area (Å²) in [6.07, 6.45) is -4.61. The van der Waals surface area contributed by atoms with Crippen LogP contribution in [0.3, 0.4) is 0 Å². The number of rotatable bonds is 13. The number of hydrogen-bond donors (Lipinski definition) is 2. The van der Waals surface area contributed by atoms with Crippen LogP contribution < -0.4 is 4.74 Å². The van der Waals surface area contributed by atoms with Gasteiger partial charge in [-0.3, -0.25) is 4.90 Å². The molecule has 0 radical (unpaired) electrons. The lowest BCUT2D eigenvalue weighted by Gasteiger charge is -2.31. The first-order valence-corrected chi connectivity index (χ1v) is 15.4. The monoisotopic (exact) mass is 649 g/mol. The fourth-order valence-electron chi connectivity index (χ4n) is 5.13. The van der Waals surface area contributed by atoms with E-state index in [1.54, 1.807) is 6.07 Å². The average Bonchev–Trinajstić information content (AvgIpc) is 2.99. The van der Waals surface area contributed by atoms with Crippen LogP contribution in [0.4, 0.5) is 17.6 Å². The van der Waals surface area contributed by atoms with Crippen molar-refractivity contribution in [1.82, 2.24) is 4.90 Å². The van der Waals surface area contributed by atoms with E-state index in [1.165, 1.54) is 6.07 Å². The molecule has 11 heteroatoms. The summed E-state index contributed by atoms with van der Waals surface area (Å²) in [4.78, 5) is 1.65. The van der Waals surface area contributed by atoms with Crippen LogP contribution in [0.2, 0.25) is 5.02 Å². The van der Waals surface area contributed by atoms with E-state index in [0.29, 0.717) is 18.7 Å². The number of alkyl halides is 3. The summed E-state index contributed by atoms with van der Waals surface area (Å²) in [5.74, 6) is -1.26. The Balaban J connectivity index is 1.62. The zero-order valence-electron chi connectivity index (χ0n) is 23.8. The molecular weight excluding hydrogens is 618 g/mol. The molecule has 0 amide bonds. The van der Waals surface area contributed by atoms with Gasteiger partial charge in [0.1, 0.15) is 11.6 Å². The Bertz CT molecular complexity index is 1570. The Morgan fingerprint density at radius 1 is 0.909 bits per heavy atom. The third-order valence-corrected chi connectivity index (χ3v) is 8.47. The maximum Gasteiger partial charge on any atom is 0.417 e. The lowest BCUT2D eigenvalue weighted by molar-refractivity contribution is -0.137. The Hall–Kier alpha value is -3.44. The molecule has 1 atom stereocenters. The van der Waals surface area contributed by atoms with E-state index < -0.39 is 34.9 Å². The zero-order valence-corrected chi connectivity index (χ0v) is 25.5. The van der Waals surface area contributed by atoms with E-state index in [4.69, 9.17) is 16.3 Å². The van der Waals surface area contributed by atoms with Crippen LogP contribution >= 0.6 is 11.6 Å². The van der Waals surface area contributed by atoms with Crippen LogP contribution in [0.25, 0.3) is 0 Å². The van der Waals surface area contributed by atoms with Gasteiger partial charge in [-0.2, -0.15) is 13.2 Å². The van der Waals surface area contributed by atoms with Crippen LogP contribution in [0.15, 0.2) is 95.9 Å². The molecule has 0 aliphatic rings. The number of thiol groups is 1. The van der Waals surface area contributed by atoms with Crippen molar-refractivity contribution >= 4 is 22.3 Å². The molecule has 0 aromatic heterocycles. The van der Waals surface area contributed by atoms with Gasteiger partial charge in [0.25, 0.3) is 0 Å². The molecule has 4 aromatic carbocycles. The molecule has 4 aromatic rings. The van der Waals surface area contributed by atoms with Crippen LogP contribution in [0.1, 0.15) is 40.7 Å². The van der Waals surface area contributed by atoms with E-state index in [2.05, 4.69) is 0 Å². The molecule has 0 unspecified atom stereocenters. The largest absolute Gasteiger partial charge is 0.493 e. The van der Waals surface area contributed by atoms with Gasteiger partial charge in [-0.15, -0.1) is 0 Å². The second-order valence-electron chi connectivity index (χ2n) is 10.6. The summed E-state index contributed by atoms with van der Waals surface area (Å²) in [5.41, 5.74) is 1.14. The molecule has 4 rings (SSSR count). The van der Waals surface area contributed by atoms with Gasteiger partial charge >= 0.3 is 6.18 Å². The van der Waals surface area contributed by atoms with Gasteiger partial charge in [0, 0.05) is 43.1 Å². The Morgan fingerprint density at radius 2 is 1.52 bits per heavy atom. The molecule has 44 heavy (non-hydrogen) atoms. The molecule has 0 saturated carbocycles. The van der Waals surface area contributed by atoms with Crippen molar-refractivity contribution in [3.8, 4) is 5.75 Å². The van der Waals surface area contributed by atoms with E-state index in [-0.39, 0.29) is 46.2 Å². The van der Waals surface area contributed by atoms with Gasteiger partial charge in [-0.25, -0.2) is 12.8 Å². The van der Waals surface area contributed by atoms with Crippen molar-refractivity contribution in [1.29, 1.82) is 0 Å². The van der Waals surface area contributed by atoms with Crippen molar-refractivity contribution in [3.63, 3.8) is 0 Å². The minimum absolute atomic E-state index is 0.0142. The van der Waals surface area contributed by atoms with Crippen LogP contribution in [-0.4, -0.2) is 38.1 Å². The summed E-state index contributed by atoms with van der Waals surface area (Å²) >= 11 is 6.29. The summed E-state index contributed by atoms with van der Waals surface area (Å²) in [5, 5.41) is 9.01. The van der Waals surface area contributed by atoms with Gasteiger partial charge in [-0.1, -0.05) is 91.3 Å². The SMILES string of the molecule is C[C@@H](COc1cc(F)c(CO)c([SH](=O)=O)c1)CN(Cc1cccc(C(F)(F)F)c1Cl)CC(c1ccccc1)c1ccccc1. The highest BCUT2D eigenvalue weighted by Gasteiger charge is 2.34. The van der Waals surface area contributed by atoms with Crippen molar-refractivity contribution in [2.24, 2.45) is 5.92 Å². The van der Waals surface area contributed by atoms with Crippen molar-refractivity contribution < 1.29 is 35.8 Å². The molecule has 0 fully saturated rings. The number of ether oxygens (including phenoxy) is 1. The summed E-state index contributed by atoms with van der Waals surface area (Å²) in [6.45, 7) is 2.06. The summed E-state index contributed by atoms with van der Waals surface area (Å²) in [6, 6.07) is 25.6. The number of nitrogens with zero attached hydrogens (tertiary/aromatic N) is 1. The van der Waals surface area contributed by atoms with E-state index in [0.717, 1.165) is 29.3 Å².